The van der Waals surface area contributed by atoms with Gasteiger partial charge in [-0.2, -0.15) is 5.10 Å². The van der Waals surface area contributed by atoms with Gasteiger partial charge in [0.25, 0.3) is 0 Å². The Morgan fingerprint density at radius 3 is 2.85 bits per heavy atom. The molecule has 1 aromatic carbocycles. The van der Waals surface area contributed by atoms with E-state index in [0.717, 1.165) is 36.4 Å². The highest BCUT2D eigenvalue weighted by molar-refractivity contribution is 6.30. The molecule has 2 atom stereocenters. The molecule has 1 amide bonds. The summed E-state index contributed by atoms with van der Waals surface area (Å²) in [4.78, 5) is 15.0. The van der Waals surface area contributed by atoms with Gasteiger partial charge in [-0.1, -0.05) is 18.5 Å². The zero-order valence-electron chi connectivity index (χ0n) is 15.3. The van der Waals surface area contributed by atoms with Crippen LogP contribution < -0.4 is 9.47 Å². The number of methoxy groups -OCH3 is 2. The Hall–Kier alpha value is -2.21. The molecule has 1 aliphatic heterocycles. The number of halogens is 1. The van der Waals surface area contributed by atoms with Gasteiger partial charge in [-0.3, -0.25) is 9.48 Å². The zero-order valence-corrected chi connectivity index (χ0v) is 16.1. The molecule has 26 heavy (non-hydrogen) atoms. The molecule has 6 nitrogen and oxygen atoms in total. The van der Waals surface area contributed by atoms with Crippen molar-refractivity contribution in [2.45, 2.75) is 32.4 Å². The lowest BCUT2D eigenvalue weighted by Gasteiger charge is -2.29. The Balaban J connectivity index is 1.80. The highest BCUT2D eigenvalue weighted by Gasteiger charge is 2.34. The second-order valence-electron chi connectivity index (χ2n) is 6.58. The highest BCUT2D eigenvalue weighted by atomic mass is 35.5. The molecule has 7 heteroatoms. The number of carbonyl (C=O) groups is 1. The molecule has 0 saturated carbocycles. The lowest BCUT2D eigenvalue weighted by molar-refractivity contribution is -0.136. The van der Waals surface area contributed by atoms with Gasteiger partial charge in [-0.15, -0.1) is 0 Å². The van der Waals surface area contributed by atoms with Crippen LogP contribution in [-0.4, -0.2) is 41.4 Å². The fourth-order valence-corrected chi connectivity index (χ4v) is 3.69. The van der Waals surface area contributed by atoms with E-state index in [1.807, 2.05) is 30.0 Å². The maximum absolute atomic E-state index is 13.1. The van der Waals surface area contributed by atoms with Gasteiger partial charge in [0.05, 0.1) is 43.9 Å². The summed E-state index contributed by atoms with van der Waals surface area (Å²) >= 11 is 5.91. The molecule has 0 aliphatic carbocycles. The number of rotatable bonds is 6. The molecule has 1 aromatic heterocycles. The molecule has 140 valence electrons. The Morgan fingerprint density at radius 2 is 2.19 bits per heavy atom. The van der Waals surface area contributed by atoms with Crippen LogP contribution in [0.1, 0.15) is 31.4 Å². The fraction of sp³-hybridized carbons (Fsp3) is 0.474. The first kappa shape index (κ1) is 18.6. The van der Waals surface area contributed by atoms with Crippen molar-refractivity contribution in [3.8, 4) is 11.5 Å². The number of nitrogens with zero attached hydrogens (tertiary/aromatic N) is 3. The molecule has 1 aliphatic rings. The first-order chi connectivity index (χ1) is 12.5. The van der Waals surface area contributed by atoms with E-state index >= 15 is 0 Å². The van der Waals surface area contributed by atoms with Crippen molar-refractivity contribution < 1.29 is 14.3 Å². The van der Waals surface area contributed by atoms with E-state index in [9.17, 15) is 4.79 Å². The Bertz CT molecular complexity index is 777. The molecular formula is C19H24ClN3O3. The Labute approximate surface area is 158 Å². The summed E-state index contributed by atoms with van der Waals surface area (Å²) in [5, 5.41) is 4.74. The number of aromatic nitrogens is 2. The first-order valence-corrected chi connectivity index (χ1v) is 9.11. The fourth-order valence-electron chi connectivity index (χ4n) is 3.53. The number of carbonyl (C=O) groups excluding carboxylic acids is 1. The van der Waals surface area contributed by atoms with Gasteiger partial charge in [0.1, 0.15) is 11.5 Å². The van der Waals surface area contributed by atoms with Crippen LogP contribution in [-0.2, 0) is 11.3 Å². The first-order valence-electron chi connectivity index (χ1n) is 8.74. The predicted octanol–water partition coefficient (Wildman–Crippen LogP) is 3.55. The van der Waals surface area contributed by atoms with Gasteiger partial charge < -0.3 is 14.4 Å². The Morgan fingerprint density at radius 1 is 1.38 bits per heavy atom. The second kappa shape index (κ2) is 7.99. The second-order valence-corrected chi connectivity index (χ2v) is 7.02. The number of likely N-dealkylation sites (tertiary alicyclic amines) is 1. The zero-order chi connectivity index (χ0) is 18.7. The average Bonchev–Trinajstić information content (AvgIpc) is 3.29. The summed E-state index contributed by atoms with van der Waals surface area (Å²) in [6.45, 7) is 3.17. The number of amides is 1. The minimum atomic E-state index is -0.192. The van der Waals surface area contributed by atoms with Crippen molar-refractivity contribution >= 4 is 17.5 Å². The van der Waals surface area contributed by atoms with E-state index in [-0.39, 0.29) is 17.9 Å². The number of benzene rings is 1. The van der Waals surface area contributed by atoms with Crippen LogP contribution >= 0.6 is 11.6 Å². The topological polar surface area (TPSA) is 56.6 Å². The van der Waals surface area contributed by atoms with Crippen LogP contribution in [0.3, 0.4) is 0 Å². The molecule has 1 saturated heterocycles. The van der Waals surface area contributed by atoms with Crippen molar-refractivity contribution in [1.29, 1.82) is 0 Å². The largest absolute Gasteiger partial charge is 0.497 e. The van der Waals surface area contributed by atoms with Crippen LogP contribution in [0, 0.1) is 5.92 Å². The molecule has 0 unspecified atom stereocenters. The average molecular weight is 378 g/mol. The van der Waals surface area contributed by atoms with Gasteiger partial charge in [0.15, 0.2) is 0 Å². The minimum absolute atomic E-state index is 0.00351. The van der Waals surface area contributed by atoms with Gasteiger partial charge in [-0.05, 0) is 31.0 Å². The monoisotopic (exact) mass is 377 g/mol. The van der Waals surface area contributed by atoms with Gasteiger partial charge in [0.2, 0.25) is 5.91 Å². The van der Waals surface area contributed by atoms with Crippen molar-refractivity contribution in [2.75, 3.05) is 20.8 Å². The molecule has 3 rings (SSSR count). The smallest absolute Gasteiger partial charge is 0.227 e. The van der Waals surface area contributed by atoms with Crippen LogP contribution in [0.2, 0.25) is 5.02 Å². The number of ether oxygens (including phenoxy) is 2. The molecule has 1 fully saturated rings. The maximum atomic E-state index is 13.1. The third-order valence-electron chi connectivity index (χ3n) is 4.82. The van der Waals surface area contributed by atoms with E-state index < -0.39 is 0 Å². The Kier molecular flexibility index (Phi) is 5.71. The van der Waals surface area contributed by atoms with Gasteiger partial charge in [-0.25, -0.2) is 0 Å². The van der Waals surface area contributed by atoms with Crippen LogP contribution in [0.25, 0.3) is 0 Å². The van der Waals surface area contributed by atoms with Gasteiger partial charge >= 0.3 is 0 Å². The van der Waals surface area contributed by atoms with Gasteiger partial charge in [0, 0.05) is 18.3 Å². The van der Waals surface area contributed by atoms with E-state index in [1.165, 1.54) is 0 Å². The SMILES string of the molecule is COc1ccc(OC)c([C@@H]2CCCN2C(=O)[C@@H](C)Cn2cc(Cl)cn2)c1. The molecule has 0 spiro atoms. The van der Waals surface area contributed by atoms with Crippen molar-refractivity contribution in [1.82, 2.24) is 14.7 Å². The molecule has 0 bridgehead atoms. The third-order valence-corrected chi connectivity index (χ3v) is 5.01. The normalized spacial score (nSPS) is 18.0. The third kappa shape index (κ3) is 3.80. The quantitative estimate of drug-likeness (QED) is 0.772. The highest BCUT2D eigenvalue weighted by Crippen LogP contribution is 2.39. The van der Waals surface area contributed by atoms with E-state index in [1.54, 1.807) is 31.3 Å². The standard InChI is InChI=1S/C19H24ClN3O3/c1-13(11-22-12-14(20)10-21-22)19(24)23-8-4-5-17(23)16-9-15(25-2)6-7-18(16)26-3/h6-7,9-10,12-13,17H,4-5,8,11H2,1-3H3/t13-,17-/m0/s1. The maximum Gasteiger partial charge on any atom is 0.227 e. The molecule has 0 radical (unpaired) electrons. The van der Waals surface area contributed by atoms with Crippen molar-refractivity contribution in [3.63, 3.8) is 0 Å². The lowest BCUT2D eigenvalue weighted by Crippen LogP contribution is -2.36. The molecule has 0 N–H and O–H groups in total. The van der Waals surface area contributed by atoms with E-state index in [4.69, 9.17) is 21.1 Å². The number of hydrogen-bond acceptors (Lipinski definition) is 4. The van der Waals surface area contributed by atoms with E-state index in [0.29, 0.717) is 11.6 Å². The van der Waals surface area contributed by atoms with Crippen LogP contribution in [0.5, 0.6) is 11.5 Å². The molecule has 2 aromatic rings. The van der Waals surface area contributed by atoms with Crippen molar-refractivity contribution in [2.24, 2.45) is 5.92 Å². The molecular weight excluding hydrogens is 354 g/mol. The number of hydrogen-bond donors (Lipinski definition) is 0. The van der Waals surface area contributed by atoms with Crippen LogP contribution in [0.4, 0.5) is 0 Å². The summed E-state index contributed by atoms with van der Waals surface area (Å²) in [6, 6.07) is 5.72. The molecule has 2 heterocycles. The summed E-state index contributed by atoms with van der Waals surface area (Å²) in [6.07, 6.45) is 5.20. The minimum Gasteiger partial charge on any atom is -0.497 e. The van der Waals surface area contributed by atoms with Crippen LogP contribution in [0.15, 0.2) is 30.6 Å². The van der Waals surface area contributed by atoms with E-state index in [2.05, 4.69) is 5.10 Å². The summed E-state index contributed by atoms with van der Waals surface area (Å²) < 4.78 is 12.6. The summed E-state index contributed by atoms with van der Waals surface area (Å²) in [5.74, 6) is 1.47. The summed E-state index contributed by atoms with van der Waals surface area (Å²) in [7, 11) is 3.29. The summed E-state index contributed by atoms with van der Waals surface area (Å²) in [5.41, 5.74) is 0.993. The van der Waals surface area contributed by atoms with Crippen molar-refractivity contribution in [3.05, 3.63) is 41.2 Å². The predicted molar refractivity (Wildman–Crippen MR) is 99.6 cm³/mol. The lowest BCUT2D eigenvalue weighted by atomic mass is 10.0.